The highest BCUT2D eigenvalue weighted by molar-refractivity contribution is 7.18. The van der Waals surface area contributed by atoms with Gasteiger partial charge in [-0.05, 0) is 54.7 Å². The molecular formula is C25H23N3O2S2. The van der Waals surface area contributed by atoms with Crippen LogP contribution in [0.4, 0.5) is 0 Å². The van der Waals surface area contributed by atoms with Gasteiger partial charge in [-0.15, -0.1) is 22.7 Å². The maximum absolute atomic E-state index is 13.6. The summed E-state index contributed by atoms with van der Waals surface area (Å²) in [5.41, 5.74) is 3.41. The highest BCUT2D eigenvalue weighted by atomic mass is 32.1. The smallest absolute Gasteiger partial charge is 0.263 e. The fourth-order valence-electron chi connectivity index (χ4n) is 4.92. The summed E-state index contributed by atoms with van der Waals surface area (Å²) in [6.07, 6.45) is 6.77. The topological polar surface area (TPSA) is 55.2 Å². The van der Waals surface area contributed by atoms with E-state index in [2.05, 4.69) is 34.1 Å². The maximum Gasteiger partial charge on any atom is 0.263 e. The summed E-state index contributed by atoms with van der Waals surface area (Å²) in [6.45, 7) is 0.0384. The van der Waals surface area contributed by atoms with Crippen molar-refractivity contribution < 1.29 is 4.79 Å². The number of amides is 1. The molecule has 3 heterocycles. The van der Waals surface area contributed by atoms with Crippen LogP contribution in [0, 0.1) is 0 Å². The van der Waals surface area contributed by atoms with Crippen molar-refractivity contribution >= 4 is 38.8 Å². The van der Waals surface area contributed by atoms with Crippen LogP contribution >= 0.6 is 22.7 Å². The van der Waals surface area contributed by atoms with E-state index in [1.807, 2.05) is 22.9 Å². The Balaban J connectivity index is 1.35. The Kier molecular flexibility index (Phi) is 4.96. The molecular weight excluding hydrogens is 438 g/mol. The van der Waals surface area contributed by atoms with E-state index in [9.17, 15) is 9.59 Å². The van der Waals surface area contributed by atoms with Crippen molar-refractivity contribution in [3.8, 4) is 10.4 Å². The molecule has 5 nitrogen and oxygen atoms in total. The molecule has 0 radical (unpaired) electrons. The molecule has 32 heavy (non-hydrogen) atoms. The largest absolute Gasteiger partial charge is 0.331 e. The number of thiophene rings is 2. The van der Waals surface area contributed by atoms with Gasteiger partial charge in [0.1, 0.15) is 11.4 Å². The summed E-state index contributed by atoms with van der Waals surface area (Å²) in [6, 6.07) is 12.9. The number of aryl methyl sites for hydroxylation is 1. The normalized spacial score (nSPS) is 17.9. The van der Waals surface area contributed by atoms with Gasteiger partial charge in [0.2, 0.25) is 5.91 Å². The Labute approximate surface area is 194 Å². The van der Waals surface area contributed by atoms with Crippen molar-refractivity contribution in [2.75, 3.05) is 0 Å². The number of fused-ring (bicyclic) bond motifs is 2. The maximum atomic E-state index is 13.6. The average Bonchev–Trinajstić information content (AvgIpc) is 3.31. The second-order valence-corrected chi connectivity index (χ2v) is 10.4. The lowest BCUT2D eigenvalue weighted by atomic mass is 9.86. The van der Waals surface area contributed by atoms with Crippen molar-refractivity contribution in [1.29, 1.82) is 0 Å². The van der Waals surface area contributed by atoms with Crippen LogP contribution in [0.2, 0.25) is 0 Å². The summed E-state index contributed by atoms with van der Waals surface area (Å²) in [5, 5.41) is 4.62. The van der Waals surface area contributed by atoms with Gasteiger partial charge in [0, 0.05) is 21.9 Å². The fraction of sp³-hybridized carbons (Fsp3) is 0.320. The summed E-state index contributed by atoms with van der Waals surface area (Å²) < 4.78 is 1.50. The molecule has 0 spiro atoms. The molecule has 2 aliphatic rings. The van der Waals surface area contributed by atoms with Gasteiger partial charge in [-0.3, -0.25) is 14.2 Å². The standard InChI is InChI=1S/C25H23N3O2S2/c29-22(28(17-10-11-17)20-8-3-6-16-5-1-2-7-18(16)20)13-27-15-26-24-23(25(27)30)19(14-32-24)21-9-4-12-31-21/h1-2,4-5,7,9,12,14-15,17,20H,3,6,8,10-11,13H2. The number of hydrogen-bond donors (Lipinski definition) is 0. The molecule has 1 unspecified atom stereocenters. The van der Waals surface area contributed by atoms with Gasteiger partial charge in [-0.25, -0.2) is 4.98 Å². The van der Waals surface area contributed by atoms with Crippen molar-refractivity contribution in [2.24, 2.45) is 0 Å². The van der Waals surface area contributed by atoms with E-state index in [4.69, 9.17) is 0 Å². The van der Waals surface area contributed by atoms with Crippen molar-refractivity contribution in [3.63, 3.8) is 0 Å². The van der Waals surface area contributed by atoms with Gasteiger partial charge in [-0.2, -0.15) is 0 Å². The number of carbonyl (C=O) groups excluding carboxylic acids is 1. The molecule has 2 aliphatic carbocycles. The van der Waals surface area contributed by atoms with Crippen LogP contribution in [0.25, 0.3) is 20.7 Å². The molecule has 4 aromatic rings. The summed E-state index contributed by atoms with van der Waals surface area (Å²) in [5.74, 6) is 0.0188. The third kappa shape index (κ3) is 3.40. The lowest BCUT2D eigenvalue weighted by Crippen LogP contribution is -2.41. The van der Waals surface area contributed by atoms with Crippen LogP contribution in [0.5, 0.6) is 0 Å². The zero-order valence-electron chi connectivity index (χ0n) is 17.6. The van der Waals surface area contributed by atoms with Crippen molar-refractivity contribution in [1.82, 2.24) is 14.5 Å². The van der Waals surface area contributed by atoms with Gasteiger partial charge in [0.15, 0.2) is 0 Å². The van der Waals surface area contributed by atoms with E-state index in [-0.39, 0.29) is 30.1 Å². The first-order valence-electron chi connectivity index (χ1n) is 11.1. The van der Waals surface area contributed by atoms with Crippen LogP contribution in [0.1, 0.15) is 42.9 Å². The molecule has 0 saturated heterocycles. The van der Waals surface area contributed by atoms with E-state index >= 15 is 0 Å². The minimum absolute atomic E-state index is 0.0188. The molecule has 162 valence electrons. The van der Waals surface area contributed by atoms with Gasteiger partial charge in [0.05, 0.1) is 17.8 Å². The highest BCUT2D eigenvalue weighted by Gasteiger charge is 2.39. The Morgan fingerprint density at radius 2 is 2.00 bits per heavy atom. The minimum atomic E-state index is -0.132. The molecule has 0 aliphatic heterocycles. The molecule has 1 atom stereocenters. The van der Waals surface area contributed by atoms with Gasteiger partial charge in [0.25, 0.3) is 5.56 Å². The monoisotopic (exact) mass is 461 g/mol. The second kappa shape index (κ2) is 7.98. The highest BCUT2D eigenvalue weighted by Crippen LogP contribution is 2.41. The van der Waals surface area contributed by atoms with E-state index < -0.39 is 0 Å². The Bertz CT molecular complexity index is 1350. The predicted octanol–water partition coefficient (Wildman–Crippen LogP) is 5.26. The van der Waals surface area contributed by atoms with Gasteiger partial charge in [-0.1, -0.05) is 30.3 Å². The second-order valence-electron chi connectivity index (χ2n) is 8.62. The molecule has 0 N–H and O–H groups in total. The molecule has 1 fully saturated rings. The first-order chi connectivity index (χ1) is 15.7. The van der Waals surface area contributed by atoms with Crippen LogP contribution in [-0.4, -0.2) is 26.4 Å². The molecule has 0 bridgehead atoms. The zero-order valence-corrected chi connectivity index (χ0v) is 19.2. The summed E-state index contributed by atoms with van der Waals surface area (Å²) in [4.78, 5) is 35.3. The third-order valence-electron chi connectivity index (χ3n) is 6.55. The molecule has 7 heteroatoms. The fourth-order valence-corrected chi connectivity index (χ4v) is 6.64. The van der Waals surface area contributed by atoms with E-state index in [1.165, 1.54) is 33.4 Å². The lowest BCUT2D eigenvalue weighted by Gasteiger charge is -2.36. The SMILES string of the molecule is O=C(Cn1cnc2scc(-c3cccs3)c2c1=O)N(C1CC1)C1CCCc2ccccc21. The van der Waals surface area contributed by atoms with Crippen LogP contribution in [-0.2, 0) is 17.8 Å². The molecule has 6 rings (SSSR count). The van der Waals surface area contributed by atoms with Gasteiger partial charge >= 0.3 is 0 Å². The van der Waals surface area contributed by atoms with E-state index in [0.29, 0.717) is 5.39 Å². The Morgan fingerprint density at radius 1 is 1.12 bits per heavy atom. The molecule has 1 amide bonds. The zero-order chi connectivity index (χ0) is 21.7. The number of benzene rings is 1. The van der Waals surface area contributed by atoms with Crippen LogP contribution < -0.4 is 5.56 Å². The van der Waals surface area contributed by atoms with Crippen LogP contribution in [0.15, 0.2) is 58.3 Å². The van der Waals surface area contributed by atoms with Crippen molar-refractivity contribution in [2.45, 2.75) is 50.7 Å². The Hall–Kier alpha value is -2.77. The molecule has 1 saturated carbocycles. The van der Waals surface area contributed by atoms with E-state index in [1.54, 1.807) is 11.3 Å². The summed E-state index contributed by atoms with van der Waals surface area (Å²) >= 11 is 3.09. The Morgan fingerprint density at radius 3 is 2.81 bits per heavy atom. The minimum Gasteiger partial charge on any atom is -0.331 e. The van der Waals surface area contributed by atoms with E-state index in [0.717, 1.165) is 47.4 Å². The predicted molar refractivity (Wildman–Crippen MR) is 129 cm³/mol. The van der Waals surface area contributed by atoms with Gasteiger partial charge < -0.3 is 4.90 Å². The first-order valence-corrected chi connectivity index (χ1v) is 12.9. The van der Waals surface area contributed by atoms with Crippen LogP contribution in [0.3, 0.4) is 0 Å². The molecule has 3 aromatic heterocycles. The quantitative estimate of drug-likeness (QED) is 0.408. The molecule has 1 aromatic carbocycles. The number of rotatable bonds is 5. The number of carbonyl (C=O) groups is 1. The average molecular weight is 462 g/mol. The lowest BCUT2D eigenvalue weighted by molar-refractivity contribution is -0.135. The number of hydrogen-bond acceptors (Lipinski definition) is 5. The first kappa shape index (κ1) is 19.9. The third-order valence-corrected chi connectivity index (χ3v) is 8.34. The van der Waals surface area contributed by atoms with Crippen molar-refractivity contribution in [3.05, 3.63) is 75.0 Å². The summed E-state index contributed by atoms with van der Waals surface area (Å²) in [7, 11) is 0. The number of aromatic nitrogens is 2. The number of nitrogens with zero attached hydrogens (tertiary/aromatic N) is 3.